The summed E-state index contributed by atoms with van der Waals surface area (Å²) in [6.45, 7) is 0. The van der Waals surface area contributed by atoms with Gasteiger partial charge < -0.3 is 9.15 Å². The molecule has 0 radical (unpaired) electrons. The van der Waals surface area contributed by atoms with Crippen molar-refractivity contribution < 1.29 is 9.15 Å². The van der Waals surface area contributed by atoms with Gasteiger partial charge in [0, 0.05) is 0 Å². The molecule has 58 valence electrons. The molecule has 3 nitrogen and oxygen atoms in total. The Balaban J connectivity index is 2.27. The number of hydrogen-bond donors (Lipinski definition) is 0. The van der Waals surface area contributed by atoms with Gasteiger partial charge in [-0.1, -0.05) is 5.92 Å². The number of ether oxygens (including phenoxy) is 1. The van der Waals surface area contributed by atoms with E-state index in [0.29, 0.717) is 11.3 Å². The molecule has 1 aliphatic rings. The zero-order chi connectivity index (χ0) is 8.55. The fourth-order valence-electron chi connectivity index (χ4n) is 1.07. The van der Waals surface area contributed by atoms with Crippen LogP contribution in [0.3, 0.4) is 0 Å². The van der Waals surface area contributed by atoms with Crippen molar-refractivity contribution in [1.29, 1.82) is 5.26 Å². The summed E-state index contributed by atoms with van der Waals surface area (Å²) >= 11 is 0. The number of furan rings is 1. The maximum atomic E-state index is 8.47. The predicted molar refractivity (Wildman–Crippen MR) is 39.9 cm³/mol. The third kappa shape index (κ3) is 0.887. The van der Waals surface area contributed by atoms with E-state index >= 15 is 0 Å². The van der Waals surface area contributed by atoms with E-state index in [-0.39, 0.29) is 12.2 Å². The summed E-state index contributed by atoms with van der Waals surface area (Å²) in [6.07, 6.45) is 6.06. The molecule has 0 aromatic carbocycles. The standard InChI is InChI=1S/C9H5NO2/c1-2-6-3-4-11-8(6)9-7(5-10)12-9/h1,3-4,7,9H. The van der Waals surface area contributed by atoms with Crippen LogP contribution in [0, 0.1) is 23.7 Å². The fraction of sp³-hybridized carbons (Fsp3) is 0.222. The van der Waals surface area contributed by atoms with Crippen molar-refractivity contribution in [2.24, 2.45) is 0 Å². The van der Waals surface area contributed by atoms with E-state index in [2.05, 4.69) is 5.92 Å². The topological polar surface area (TPSA) is 49.5 Å². The number of epoxide rings is 1. The zero-order valence-corrected chi connectivity index (χ0v) is 6.15. The van der Waals surface area contributed by atoms with Crippen molar-refractivity contribution in [3.05, 3.63) is 23.7 Å². The Labute approximate surface area is 69.5 Å². The molecular weight excluding hydrogens is 154 g/mol. The molecule has 0 bridgehead atoms. The first-order chi connectivity index (χ1) is 5.86. The van der Waals surface area contributed by atoms with Crippen LogP contribution in [0.2, 0.25) is 0 Å². The molecule has 0 N–H and O–H groups in total. The maximum Gasteiger partial charge on any atom is 0.178 e. The molecule has 3 heteroatoms. The Morgan fingerprint density at radius 1 is 1.58 bits per heavy atom. The summed E-state index contributed by atoms with van der Waals surface area (Å²) in [4.78, 5) is 0. The molecule has 1 saturated heterocycles. The first kappa shape index (κ1) is 6.97. The van der Waals surface area contributed by atoms with Crippen LogP contribution in [0.25, 0.3) is 0 Å². The normalized spacial score (nSPS) is 25.8. The molecule has 2 unspecified atom stereocenters. The summed E-state index contributed by atoms with van der Waals surface area (Å²) in [7, 11) is 0. The lowest BCUT2D eigenvalue weighted by Crippen LogP contribution is -1.84. The van der Waals surface area contributed by atoms with Gasteiger partial charge in [-0.15, -0.1) is 6.42 Å². The second-order valence-electron chi connectivity index (χ2n) is 2.45. The second-order valence-corrected chi connectivity index (χ2v) is 2.45. The lowest BCUT2D eigenvalue weighted by molar-refractivity contribution is 0.360. The van der Waals surface area contributed by atoms with Gasteiger partial charge in [0.25, 0.3) is 0 Å². The van der Waals surface area contributed by atoms with Gasteiger partial charge in [-0.2, -0.15) is 5.26 Å². The van der Waals surface area contributed by atoms with E-state index in [1.807, 2.05) is 6.07 Å². The fourth-order valence-corrected chi connectivity index (χ4v) is 1.07. The van der Waals surface area contributed by atoms with Crippen LogP contribution in [0.4, 0.5) is 0 Å². The SMILES string of the molecule is C#Cc1ccoc1C1OC1C#N. The van der Waals surface area contributed by atoms with Crippen molar-refractivity contribution in [2.45, 2.75) is 12.2 Å². The summed E-state index contributed by atoms with van der Waals surface area (Å²) in [5.41, 5.74) is 0.665. The molecule has 1 fully saturated rings. The number of rotatable bonds is 1. The average Bonchev–Trinajstić information content (AvgIpc) is 2.74. The highest BCUT2D eigenvalue weighted by Gasteiger charge is 2.44. The first-order valence-corrected chi connectivity index (χ1v) is 3.46. The van der Waals surface area contributed by atoms with Gasteiger partial charge in [-0.05, 0) is 6.07 Å². The molecule has 0 amide bonds. The highest BCUT2D eigenvalue weighted by atomic mass is 16.6. The molecule has 1 aromatic heterocycles. The molecule has 1 aromatic rings. The lowest BCUT2D eigenvalue weighted by Gasteiger charge is -1.87. The van der Waals surface area contributed by atoms with Crippen LogP contribution in [0.5, 0.6) is 0 Å². The number of hydrogen-bond acceptors (Lipinski definition) is 3. The Hall–Kier alpha value is -1.71. The van der Waals surface area contributed by atoms with Crippen LogP contribution >= 0.6 is 0 Å². The maximum absolute atomic E-state index is 8.47. The largest absolute Gasteiger partial charge is 0.465 e. The van der Waals surface area contributed by atoms with Gasteiger partial charge in [0.05, 0.1) is 17.9 Å². The summed E-state index contributed by atoms with van der Waals surface area (Å²) in [5.74, 6) is 3.05. The summed E-state index contributed by atoms with van der Waals surface area (Å²) in [6, 6.07) is 3.66. The Kier molecular flexibility index (Phi) is 1.40. The zero-order valence-electron chi connectivity index (χ0n) is 6.15. The smallest absolute Gasteiger partial charge is 0.178 e. The first-order valence-electron chi connectivity index (χ1n) is 3.46. The minimum Gasteiger partial charge on any atom is -0.465 e. The van der Waals surface area contributed by atoms with E-state index in [0.717, 1.165) is 0 Å². The van der Waals surface area contributed by atoms with Crippen molar-refractivity contribution in [1.82, 2.24) is 0 Å². The Morgan fingerprint density at radius 3 is 3.00 bits per heavy atom. The molecule has 0 spiro atoms. The van der Waals surface area contributed by atoms with Gasteiger partial charge in [0.2, 0.25) is 0 Å². The lowest BCUT2D eigenvalue weighted by atomic mass is 10.2. The predicted octanol–water partition coefficient (Wildman–Crippen LogP) is 1.22. The van der Waals surface area contributed by atoms with E-state index in [1.54, 1.807) is 6.07 Å². The van der Waals surface area contributed by atoms with Crippen LogP contribution in [-0.2, 0) is 4.74 Å². The minimum absolute atomic E-state index is 0.254. The number of nitriles is 1. The van der Waals surface area contributed by atoms with Crippen molar-refractivity contribution in [3.63, 3.8) is 0 Å². The minimum atomic E-state index is -0.386. The molecule has 2 heterocycles. The summed E-state index contributed by atoms with van der Waals surface area (Å²) < 4.78 is 10.1. The van der Waals surface area contributed by atoms with Gasteiger partial charge in [-0.3, -0.25) is 0 Å². The van der Waals surface area contributed by atoms with Crippen molar-refractivity contribution in [2.75, 3.05) is 0 Å². The third-order valence-electron chi connectivity index (χ3n) is 1.73. The van der Waals surface area contributed by atoms with E-state index < -0.39 is 0 Å². The van der Waals surface area contributed by atoms with Gasteiger partial charge in [0.15, 0.2) is 18.0 Å². The van der Waals surface area contributed by atoms with E-state index in [9.17, 15) is 0 Å². The number of terminal acetylenes is 1. The molecule has 1 aliphatic heterocycles. The van der Waals surface area contributed by atoms with E-state index in [1.165, 1.54) is 6.26 Å². The number of nitrogens with zero attached hydrogens (tertiary/aromatic N) is 1. The molecular formula is C9H5NO2. The molecule has 2 atom stereocenters. The quantitative estimate of drug-likeness (QED) is 0.457. The van der Waals surface area contributed by atoms with Crippen LogP contribution in [-0.4, -0.2) is 6.10 Å². The van der Waals surface area contributed by atoms with Gasteiger partial charge in [-0.25, -0.2) is 0 Å². The second kappa shape index (κ2) is 2.41. The molecule has 0 aliphatic carbocycles. The van der Waals surface area contributed by atoms with Crippen molar-refractivity contribution in [3.8, 4) is 18.4 Å². The summed E-state index contributed by atoms with van der Waals surface area (Å²) in [5, 5.41) is 8.47. The molecule has 12 heavy (non-hydrogen) atoms. The monoisotopic (exact) mass is 159 g/mol. The Bertz CT molecular complexity index is 380. The van der Waals surface area contributed by atoms with Crippen LogP contribution < -0.4 is 0 Å². The highest BCUT2D eigenvalue weighted by molar-refractivity contribution is 5.38. The Morgan fingerprint density at radius 2 is 2.42 bits per heavy atom. The van der Waals surface area contributed by atoms with E-state index in [4.69, 9.17) is 20.8 Å². The molecule has 2 rings (SSSR count). The van der Waals surface area contributed by atoms with Crippen LogP contribution in [0.15, 0.2) is 16.7 Å². The third-order valence-corrected chi connectivity index (χ3v) is 1.73. The van der Waals surface area contributed by atoms with Crippen molar-refractivity contribution >= 4 is 0 Å². The van der Waals surface area contributed by atoms with Gasteiger partial charge >= 0.3 is 0 Å². The highest BCUT2D eigenvalue weighted by Crippen LogP contribution is 2.39. The molecule has 0 saturated carbocycles. The average molecular weight is 159 g/mol. The van der Waals surface area contributed by atoms with Crippen LogP contribution in [0.1, 0.15) is 17.4 Å². The van der Waals surface area contributed by atoms with Gasteiger partial charge in [0.1, 0.15) is 0 Å².